The van der Waals surface area contributed by atoms with E-state index in [1.54, 1.807) is 13.8 Å². The minimum atomic E-state index is -3.24. The first-order valence-corrected chi connectivity index (χ1v) is 6.99. The average molecular weight is 230 g/mol. The Morgan fingerprint density at radius 3 is 2.00 bits per heavy atom. The van der Waals surface area contributed by atoms with Gasteiger partial charge in [0.05, 0.1) is 5.41 Å². The Balaban J connectivity index is 4.71. The molecule has 78 valence electrons. The molecule has 0 N–H and O–H groups in total. The van der Waals surface area contributed by atoms with Crippen LogP contribution in [0.5, 0.6) is 0 Å². The van der Waals surface area contributed by atoms with Crippen molar-refractivity contribution in [3.05, 3.63) is 33.4 Å². The summed E-state index contributed by atoms with van der Waals surface area (Å²) in [7, 11) is -2.51. The molecule has 4 heteroatoms. The Morgan fingerprint density at radius 1 is 1.07 bits per heavy atom. The molecule has 0 aliphatic rings. The molecule has 0 fully saturated rings. The molecule has 0 unspecified atom stereocenters. The third kappa shape index (κ3) is 7.96. The van der Waals surface area contributed by atoms with Gasteiger partial charge in [0, 0.05) is 16.2 Å². The minimum Gasteiger partial charge on any atom is -0.212 e. The highest BCUT2D eigenvalue weighted by molar-refractivity contribution is 8.74. The third-order valence-corrected chi connectivity index (χ3v) is 3.29. The summed E-state index contributed by atoms with van der Waals surface area (Å²) < 4.78 is 22.5. The summed E-state index contributed by atoms with van der Waals surface area (Å²) in [6, 6.07) is 0. The first-order valence-electron chi connectivity index (χ1n) is 4.05. The van der Waals surface area contributed by atoms with Crippen LogP contribution in [0.2, 0.25) is 0 Å². The first-order chi connectivity index (χ1) is 6.33. The fourth-order valence-electron chi connectivity index (χ4n) is 0.427. The van der Waals surface area contributed by atoms with E-state index in [4.69, 9.17) is 0 Å². The molecule has 14 heavy (non-hydrogen) atoms. The Hall–Kier alpha value is -0.660. The van der Waals surface area contributed by atoms with Crippen LogP contribution in [0, 0.1) is 0 Å². The second-order valence-electron chi connectivity index (χ2n) is 3.11. The van der Waals surface area contributed by atoms with E-state index in [1.807, 2.05) is 13.8 Å². The van der Waals surface area contributed by atoms with Crippen LogP contribution < -0.4 is 0 Å². The molecular formula is C10H14O2S2. The zero-order valence-corrected chi connectivity index (χ0v) is 10.4. The van der Waals surface area contributed by atoms with E-state index < -0.39 is 8.87 Å². The van der Waals surface area contributed by atoms with Gasteiger partial charge in [0.15, 0.2) is 0 Å². The Bertz CT molecular complexity index is 407. The van der Waals surface area contributed by atoms with Crippen LogP contribution in [0.15, 0.2) is 33.4 Å². The van der Waals surface area contributed by atoms with Crippen molar-refractivity contribution in [1.29, 1.82) is 0 Å². The normalized spacial score (nSPS) is 9.71. The van der Waals surface area contributed by atoms with Crippen LogP contribution in [0.4, 0.5) is 0 Å². The van der Waals surface area contributed by atoms with Gasteiger partial charge in [-0.15, -0.1) is 11.5 Å². The summed E-state index contributed by atoms with van der Waals surface area (Å²) in [6.45, 7) is 7.30. The first kappa shape index (κ1) is 13.3. The van der Waals surface area contributed by atoms with Crippen LogP contribution in [-0.4, -0.2) is 8.42 Å². The Morgan fingerprint density at radius 2 is 1.57 bits per heavy atom. The van der Waals surface area contributed by atoms with Crippen LogP contribution in [-0.2, 0) is 8.87 Å². The highest BCUT2D eigenvalue weighted by Crippen LogP contribution is 2.15. The summed E-state index contributed by atoms with van der Waals surface area (Å²) in [6.07, 6.45) is 0. The molecule has 0 aromatic carbocycles. The number of rotatable bonds is 3. The SMILES string of the molecule is CC(C)=C=CSS(=O)(=O)C=C=C(C)C. The quantitative estimate of drug-likeness (QED) is 0.551. The maximum absolute atomic E-state index is 11.3. The van der Waals surface area contributed by atoms with Crippen molar-refractivity contribution in [2.24, 2.45) is 0 Å². The van der Waals surface area contributed by atoms with Gasteiger partial charge in [-0.05, 0) is 38.8 Å². The van der Waals surface area contributed by atoms with E-state index in [1.165, 1.54) is 5.41 Å². The van der Waals surface area contributed by atoms with E-state index in [-0.39, 0.29) is 0 Å². The van der Waals surface area contributed by atoms with Gasteiger partial charge in [0.1, 0.15) is 0 Å². The maximum Gasteiger partial charge on any atom is 0.235 e. The van der Waals surface area contributed by atoms with E-state index >= 15 is 0 Å². The molecule has 0 aliphatic heterocycles. The zero-order chi connectivity index (χ0) is 11.2. The maximum atomic E-state index is 11.3. The highest BCUT2D eigenvalue weighted by atomic mass is 33.1. The predicted octanol–water partition coefficient (Wildman–Crippen LogP) is 3.21. The Labute approximate surface area is 89.4 Å². The number of hydrogen-bond donors (Lipinski definition) is 0. The molecule has 0 heterocycles. The highest BCUT2D eigenvalue weighted by Gasteiger charge is 2.02. The van der Waals surface area contributed by atoms with Crippen molar-refractivity contribution in [1.82, 2.24) is 0 Å². The van der Waals surface area contributed by atoms with Gasteiger partial charge >= 0.3 is 0 Å². The molecule has 0 aromatic heterocycles. The molecule has 0 bridgehead atoms. The van der Waals surface area contributed by atoms with E-state index in [0.29, 0.717) is 0 Å². The number of allylic oxidation sites excluding steroid dienone is 2. The van der Waals surface area contributed by atoms with Gasteiger partial charge < -0.3 is 0 Å². The lowest BCUT2D eigenvalue weighted by Gasteiger charge is -1.87. The second-order valence-corrected chi connectivity index (χ2v) is 6.73. The summed E-state index contributed by atoms with van der Waals surface area (Å²) in [5.41, 5.74) is 7.24. The molecular weight excluding hydrogens is 216 g/mol. The van der Waals surface area contributed by atoms with E-state index in [2.05, 4.69) is 11.5 Å². The lowest BCUT2D eigenvalue weighted by atomic mass is 10.4. The minimum absolute atomic E-state index is 0.733. The van der Waals surface area contributed by atoms with Crippen molar-refractivity contribution in [2.75, 3.05) is 0 Å². The summed E-state index contributed by atoms with van der Waals surface area (Å²) in [5, 5.41) is 2.52. The molecule has 0 radical (unpaired) electrons. The van der Waals surface area contributed by atoms with Gasteiger partial charge in [0.2, 0.25) is 8.87 Å². The predicted molar refractivity (Wildman–Crippen MR) is 62.4 cm³/mol. The Kier molecular flexibility index (Phi) is 5.66. The van der Waals surface area contributed by atoms with Crippen LogP contribution in [0.3, 0.4) is 0 Å². The molecule has 0 aromatic rings. The van der Waals surface area contributed by atoms with E-state index in [0.717, 1.165) is 27.3 Å². The fraction of sp³-hybridized carbons (Fsp3) is 0.400. The van der Waals surface area contributed by atoms with Crippen LogP contribution >= 0.6 is 10.8 Å². The lowest BCUT2D eigenvalue weighted by molar-refractivity contribution is 0.618. The van der Waals surface area contributed by atoms with Crippen molar-refractivity contribution in [2.45, 2.75) is 27.7 Å². The standard InChI is InChI=1S/C10H14O2S2/c1-9(2)5-7-13-14(11,12)8-6-10(3)4/h7-8H,1-4H3. The molecule has 0 aliphatic carbocycles. The van der Waals surface area contributed by atoms with Crippen LogP contribution in [0.1, 0.15) is 27.7 Å². The average Bonchev–Trinajstić information content (AvgIpc) is 2.00. The van der Waals surface area contributed by atoms with Gasteiger partial charge in [-0.2, -0.15) is 0 Å². The van der Waals surface area contributed by atoms with Crippen LogP contribution in [0.25, 0.3) is 0 Å². The second kappa shape index (κ2) is 5.94. The molecule has 0 saturated heterocycles. The van der Waals surface area contributed by atoms with Gasteiger partial charge in [-0.1, -0.05) is 0 Å². The van der Waals surface area contributed by atoms with Gasteiger partial charge in [0.25, 0.3) is 0 Å². The summed E-state index contributed by atoms with van der Waals surface area (Å²) in [5.74, 6) is 0. The smallest absolute Gasteiger partial charge is 0.212 e. The molecule has 0 atom stereocenters. The topological polar surface area (TPSA) is 34.1 Å². The van der Waals surface area contributed by atoms with Crippen molar-refractivity contribution in [3.8, 4) is 0 Å². The van der Waals surface area contributed by atoms with Gasteiger partial charge in [-0.25, -0.2) is 8.42 Å². The lowest BCUT2D eigenvalue weighted by Crippen LogP contribution is -1.82. The third-order valence-electron chi connectivity index (χ3n) is 1.02. The molecule has 0 amide bonds. The van der Waals surface area contributed by atoms with Crippen molar-refractivity contribution in [3.63, 3.8) is 0 Å². The molecule has 0 saturated carbocycles. The fourth-order valence-corrected chi connectivity index (χ4v) is 2.14. The zero-order valence-electron chi connectivity index (χ0n) is 8.79. The number of hydrogen-bond acceptors (Lipinski definition) is 3. The summed E-state index contributed by atoms with van der Waals surface area (Å²) in [4.78, 5) is 0. The summed E-state index contributed by atoms with van der Waals surface area (Å²) >= 11 is 0. The van der Waals surface area contributed by atoms with E-state index in [9.17, 15) is 8.42 Å². The van der Waals surface area contributed by atoms with Crippen molar-refractivity contribution < 1.29 is 8.42 Å². The molecule has 2 nitrogen and oxygen atoms in total. The largest absolute Gasteiger partial charge is 0.235 e. The van der Waals surface area contributed by atoms with Gasteiger partial charge in [-0.3, -0.25) is 0 Å². The monoisotopic (exact) mass is 230 g/mol. The molecule has 0 rings (SSSR count). The molecule has 0 spiro atoms. The van der Waals surface area contributed by atoms with Crippen molar-refractivity contribution >= 4 is 19.7 Å².